The van der Waals surface area contributed by atoms with Crippen molar-refractivity contribution in [1.82, 2.24) is 19.7 Å². The predicted octanol–water partition coefficient (Wildman–Crippen LogP) is 3.03. The first-order valence-corrected chi connectivity index (χ1v) is 9.01. The topological polar surface area (TPSA) is 106 Å². The number of nitrogens with zero attached hydrogens (tertiary/aromatic N) is 5. The smallest absolute Gasteiger partial charge is 0.260 e. The molecule has 0 aliphatic carbocycles. The van der Waals surface area contributed by atoms with Crippen molar-refractivity contribution in [3.8, 4) is 23.3 Å². The van der Waals surface area contributed by atoms with Crippen LogP contribution < -0.4 is 10.1 Å². The van der Waals surface area contributed by atoms with E-state index in [4.69, 9.17) is 4.74 Å². The van der Waals surface area contributed by atoms with E-state index in [1.807, 2.05) is 17.6 Å². The van der Waals surface area contributed by atoms with Gasteiger partial charge in [-0.1, -0.05) is 6.07 Å². The van der Waals surface area contributed by atoms with Crippen LogP contribution in [-0.2, 0) is 6.54 Å². The Morgan fingerprint density at radius 2 is 2.21 bits per heavy atom. The number of nitriles is 1. The van der Waals surface area contributed by atoms with Crippen molar-refractivity contribution >= 4 is 11.7 Å². The number of rotatable bonds is 0. The van der Waals surface area contributed by atoms with Gasteiger partial charge in [-0.25, -0.2) is 4.98 Å². The van der Waals surface area contributed by atoms with Gasteiger partial charge in [0.2, 0.25) is 0 Å². The number of carbonyl (C=O) groups is 1. The normalized spacial score (nSPS) is 16.6. The van der Waals surface area contributed by atoms with Gasteiger partial charge in [0.15, 0.2) is 5.82 Å². The van der Waals surface area contributed by atoms with Gasteiger partial charge in [0, 0.05) is 6.54 Å². The number of carbonyl (C=O) groups excluding carboxylic acids is 1. The predicted molar refractivity (Wildman–Crippen MR) is 102 cm³/mol. The zero-order valence-electron chi connectivity index (χ0n) is 15.3. The van der Waals surface area contributed by atoms with Crippen LogP contribution >= 0.6 is 0 Å². The van der Waals surface area contributed by atoms with Gasteiger partial charge in [-0.3, -0.25) is 4.79 Å². The Balaban J connectivity index is 1.77. The summed E-state index contributed by atoms with van der Waals surface area (Å²) >= 11 is 0. The van der Waals surface area contributed by atoms with E-state index in [0.717, 1.165) is 19.4 Å². The number of amides is 1. The van der Waals surface area contributed by atoms with Gasteiger partial charge < -0.3 is 14.6 Å². The summed E-state index contributed by atoms with van der Waals surface area (Å²) in [5.41, 5.74) is 1.32. The van der Waals surface area contributed by atoms with E-state index >= 15 is 0 Å². The fraction of sp³-hybridized carbons (Fsp3) is 0.250. The Hall–Kier alpha value is -3.73. The maximum atomic E-state index is 12.9. The number of aromatic nitrogens is 4. The van der Waals surface area contributed by atoms with E-state index in [1.165, 1.54) is 6.07 Å². The molecule has 0 fully saturated rings. The van der Waals surface area contributed by atoms with Crippen LogP contribution in [0.3, 0.4) is 0 Å². The summed E-state index contributed by atoms with van der Waals surface area (Å²) in [5, 5.41) is 20.1. The molecule has 0 saturated carbocycles. The summed E-state index contributed by atoms with van der Waals surface area (Å²) in [6.45, 7) is 2.69. The highest BCUT2D eigenvalue weighted by molar-refractivity contribution is 6.06. The minimum Gasteiger partial charge on any atom is -0.490 e. The Morgan fingerprint density at radius 1 is 1.32 bits per heavy atom. The molecule has 0 saturated heterocycles. The molecule has 3 aromatic rings. The highest BCUT2D eigenvalue weighted by atomic mass is 16.5. The summed E-state index contributed by atoms with van der Waals surface area (Å²) in [6, 6.07) is 12.2. The molecule has 3 heterocycles. The summed E-state index contributed by atoms with van der Waals surface area (Å²) in [4.78, 5) is 17.4. The second-order valence-corrected chi connectivity index (χ2v) is 6.60. The second-order valence-electron chi connectivity index (χ2n) is 6.60. The molecular weight excluding hydrogens is 356 g/mol. The maximum Gasteiger partial charge on any atom is 0.260 e. The van der Waals surface area contributed by atoms with Crippen molar-refractivity contribution in [2.75, 3.05) is 5.32 Å². The molecule has 1 amide bonds. The Morgan fingerprint density at radius 3 is 3.07 bits per heavy atom. The van der Waals surface area contributed by atoms with E-state index in [2.05, 4.69) is 26.6 Å². The molecule has 1 atom stereocenters. The van der Waals surface area contributed by atoms with Gasteiger partial charge in [-0.15, -0.1) is 10.2 Å². The number of fused-ring (bicyclic) bond motifs is 5. The van der Waals surface area contributed by atoms with Crippen LogP contribution in [-0.4, -0.2) is 31.8 Å². The number of pyridine rings is 1. The lowest BCUT2D eigenvalue weighted by molar-refractivity contribution is 0.101. The molecule has 1 aliphatic rings. The van der Waals surface area contributed by atoms with Crippen molar-refractivity contribution in [1.29, 1.82) is 5.26 Å². The molecule has 8 nitrogen and oxygen atoms in total. The minimum atomic E-state index is -0.387. The van der Waals surface area contributed by atoms with Crippen molar-refractivity contribution in [3.05, 3.63) is 53.9 Å². The summed E-state index contributed by atoms with van der Waals surface area (Å²) in [7, 11) is 0. The van der Waals surface area contributed by atoms with E-state index in [0.29, 0.717) is 34.2 Å². The lowest BCUT2D eigenvalue weighted by atomic mass is 10.1. The third-order valence-electron chi connectivity index (χ3n) is 4.53. The lowest BCUT2D eigenvalue weighted by Crippen LogP contribution is -2.19. The average molecular weight is 374 g/mol. The summed E-state index contributed by atoms with van der Waals surface area (Å²) in [6.07, 6.45) is 3.21. The molecule has 1 N–H and O–H groups in total. The molecule has 0 spiro atoms. The van der Waals surface area contributed by atoms with Gasteiger partial charge >= 0.3 is 0 Å². The monoisotopic (exact) mass is 374 g/mol. The summed E-state index contributed by atoms with van der Waals surface area (Å²) < 4.78 is 7.95. The number of benzene rings is 1. The highest BCUT2D eigenvalue weighted by Gasteiger charge is 2.18. The molecular formula is C20H18N6O2. The number of hydrogen-bond acceptors (Lipinski definition) is 6. The summed E-state index contributed by atoms with van der Waals surface area (Å²) in [5.74, 6) is 1.09. The molecule has 140 valence electrons. The van der Waals surface area contributed by atoms with Crippen LogP contribution in [0.2, 0.25) is 0 Å². The van der Waals surface area contributed by atoms with Gasteiger partial charge in [0.05, 0.1) is 23.3 Å². The van der Waals surface area contributed by atoms with Crippen LogP contribution in [0.1, 0.15) is 35.7 Å². The first kappa shape index (κ1) is 17.7. The first-order valence-electron chi connectivity index (χ1n) is 9.01. The first-order chi connectivity index (χ1) is 13.6. The third kappa shape index (κ3) is 3.55. The fourth-order valence-electron chi connectivity index (χ4n) is 3.13. The lowest BCUT2D eigenvalue weighted by Gasteiger charge is -2.18. The number of ether oxygens (including phenoxy) is 1. The Bertz CT molecular complexity index is 1070. The van der Waals surface area contributed by atoms with E-state index < -0.39 is 0 Å². The van der Waals surface area contributed by atoms with Crippen LogP contribution in [0, 0.1) is 11.3 Å². The van der Waals surface area contributed by atoms with Crippen LogP contribution in [0.25, 0.3) is 11.5 Å². The number of anilines is 1. The quantitative estimate of drug-likeness (QED) is 0.648. The Labute approximate surface area is 161 Å². The molecule has 2 bridgehead atoms. The largest absolute Gasteiger partial charge is 0.490 e. The molecule has 2 aromatic heterocycles. The molecule has 0 unspecified atom stereocenters. The second kappa shape index (κ2) is 7.48. The van der Waals surface area contributed by atoms with Crippen molar-refractivity contribution in [2.24, 2.45) is 0 Å². The number of nitrogens with one attached hydrogen (secondary N) is 1. The maximum absolute atomic E-state index is 12.9. The standard InChI is InChI=1S/C20H18N6O2/c1-13-4-3-9-26-12-22-25-19(26)16-5-2-6-18(23-16)24-20(27)15-10-14(11-21)7-8-17(15)28-13/h2,5-8,10,12-13H,3-4,9H2,1H3,(H,23,24,27)/t13-/m1/s1. The van der Waals surface area contributed by atoms with Gasteiger partial charge in [-0.05, 0) is 50.1 Å². The van der Waals surface area contributed by atoms with Gasteiger partial charge in [0.25, 0.3) is 5.91 Å². The van der Waals surface area contributed by atoms with E-state index in [1.54, 1.807) is 30.6 Å². The van der Waals surface area contributed by atoms with Crippen LogP contribution in [0.15, 0.2) is 42.7 Å². The van der Waals surface area contributed by atoms with Gasteiger partial charge in [-0.2, -0.15) is 5.26 Å². The van der Waals surface area contributed by atoms with Crippen LogP contribution in [0.5, 0.6) is 5.75 Å². The third-order valence-corrected chi connectivity index (χ3v) is 4.53. The molecule has 4 rings (SSSR count). The average Bonchev–Trinajstić information content (AvgIpc) is 3.16. The molecule has 8 heteroatoms. The fourth-order valence-corrected chi connectivity index (χ4v) is 3.13. The van der Waals surface area contributed by atoms with Crippen LogP contribution in [0.4, 0.5) is 5.82 Å². The number of hydrogen-bond donors (Lipinski definition) is 1. The van der Waals surface area contributed by atoms with Crippen molar-refractivity contribution in [3.63, 3.8) is 0 Å². The molecule has 0 radical (unpaired) electrons. The molecule has 1 aliphatic heterocycles. The van der Waals surface area contributed by atoms with Crippen molar-refractivity contribution < 1.29 is 9.53 Å². The zero-order valence-corrected chi connectivity index (χ0v) is 15.3. The number of aryl methyl sites for hydroxylation is 1. The van der Waals surface area contributed by atoms with E-state index in [9.17, 15) is 10.1 Å². The highest BCUT2D eigenvalue weighted by Crippen LogP contribution is 2.25. The van der Waals surface area contributed by atoms with Crippen molar-refractivity contribution in [2.45, 2.75) is 32.4 Å². The molecule has 1 aromatic carbocycles. The van der Waals surface area contributed by atoms with Gasteiger partial charge in [0.1, 0.15) is 23.6 Å². The Kier molecular flexibility index (Phi) is 4.72. The van der Waals surface area contributed by atoms with E-state index in [-0.39, 0.29) is 12.0 Å². The SMILES string of the molecule is C[C@@H]1CCCn2cnnc2-c2cccc(n2)NC(=O)c2cc(C#N)ccc2O1. The molecule has 28 heavy (non-hydrogen) atoms. The zero-order chi connectivity index (χ0) is 19.5. The minimum absolute atomic E-state index is 0.0988.